The van der Waals surface area contributed by atoms with Crippen LogP contribution in [0.4, 0.5) is 13.2 Å². The second-order valence-corrected chi connectivity index (χ2v) is 5.24. The number of alkyl halides is 3. The maximum atomic E-state index is 12.8. The van der Waals surface area contributed by atoms with Gasteiger partial charge in [0.25, 0.3) is 0 Å². The third kappa shape index (κ3) is 3.40. The molecule has 0 spiro atoms. The zero-order chi connectivity index (χ0) is 16.4. The van der Waals surface area contributed by atoms with E-state index < -0.39 is 23.1 Å². The quantitative estimate of drug-likeness (QED) is 0.849. The molecular formula is C15H16F3NO3. The van der Waals surface area contributed by atoms with Crippen molar-refractivity contribution in [1.82, 2.24) is 5.32 Å². The van der Waals surface area contributed by atoms with Crippen molar-refractivity contribution in [3.05, 3.63) is 35.4 Å². The van der Waals surface area contributed by atoms with E-state index in [2.05, 4.69) is 10.1 Å². The molecule has 2 rings (SSSR count). The first-order valence-corrected chi connectivity index (χ1v) is 6.82. The molecule has 0 heterocycles. The normalized spacial score (nSPS) is 16.0. The molecule has 0 saturated heterocycles. The van der Waals surface area contributed by atoms with Gasteiger partial charge < -0.3 is 10.1 Å². The molecular weight excluding hydrogens is 299 g/mol. The second kappa shape index (κ2) is 5.98. The first kappa shape index (κ1) is 16.3. The summed E-state index contributed by atoms with van der Waals surface area (Å²) in [4.78, 5) is 23.2. The van der Waals surface area contributed by atoms with E-state index in [1.54, 1.807) is 0 Å². The smallest absolute Gasteiger partial charge is 0.416 e. The summed E-state index contributed by atoms with van der Waals surface area (Å²) in [5.41, 5.74) is -1.31. The molecule has 22 heavy (non-hydrogen) atoms. The Kier molecular flexibility index (Phi) is 4.44. The molecule has 0 atom stereocenters. The Balaban J connectivity index is 2.08. The number of benzene rings is 1. The maximum Gasteiger partial charge on any atom is 0.416 e. The molecule has 0 radical (unpaired) electrons. The first-order chi connectivity index (χ1) is 10.3. The number of carbonyl (C=O) groups is 2. The molecule has 1 fully saturated rings. The Hall–Kier alpha value is -2.05. The topological polar surface area (TPSA) is 55.4 Å². The fourth-order valence-electron chi connectivity index (χ4n) is 2.31. The van der Waals surface area contributed by atoms with Gasteiger partial charge in [0.05, 0.1) is 24.5 Å². The fraction of sp³-hybridized carbons (Fsp3) is 0.467. The van der Waals surface area contributed by atoms with Crippen LogP contribution in [0.25, 0.3) is 0 Å². The van der Waals surface area contributed by atoms with Crippen LogP contribution in [0, 0.1) is 0 Å². The minimum Gasteiger partial charge on any atom is -0.469 e. The summed E-state index contributed by atoms with van der Waals surface area (Å²) in [7, 11) is 1.25. The molecule has 1 N–H and O–H groups in total. The lowest BCUT2D eigenvalue weighted by Gasteiger charge is -2.17. The first-order valence-electron chi connectivity index (χ1n) is 6.82. The van der Waals surface area contributed by atoms with Crippen molar-refractivity contribution >= 4 is 11.9 Å². The van der Waals surface area contributed by atoms with Gasteiger partial charge in [0.15, 0.2) is 0 Å². The van der Waals surface area contributed by atoms with Crippen LogP contribution in [0.5, 0.6) is 0 Å². The minimum absolute atomic E-state index is 0.0287. The van der Waals surface area contributed by atoms with Crippen LogP contribution in [-0.2, 0) is 25.9 Å². The van der Waals surface area contributed by atoms with Gasteiger partial charge in [-0.3, -0.25) is 9.59 Å². The van der Waals surface area contributed by atoms with E-state index in [-0.39, 0.29) is 18.9 Å². The Morgan fingerprint density at radius 2 is 2.00 bits per heavy atom. The summed E-state index contributed by atoms with van der Waals surface area (Å²) < 4.78 is 42.7. The van der Waals surface area contributed by atoms with E-state index in [0.29, 0.717) is 18.4 Å². The summed E-state index contributed by atoms with van der Waals surface area (Å²) in [6, 6.07) is 4.84. The predicted octanol–water partition coefficient (Wildman–Crippen LogP) is 2.42. The summed E-state index contributed by atoms with van der Waals surface area (Å²) >= 11 is 0. The van der Waals surface area contributed by atoms with E-state index in [4.69, 9.17) is 0 Å². The molecule has 1 aliphatic rings. The SMILES string of the molecule is COC(=O)CCNC(=O)C1(c2cccc(C(F)(F)F)c2)CC1. The molecule has 120 valence electrons. The van der Waals surface area contributed by atoms with Gasteiger partial charge in [0, 0.05) is 6.54 Å². The van der Waals surface area contributed by atoms with Crippen LogP contribution in [0.1, 0.15) is 30.4 Å². The number of nitrogens with one attached hydrogen (secondary N) is 1. The van der Waals surface area contributed by atoms with Crippen molar-refractivity contribution in [3.63, 3.8) is 0 Å². The van der Waals surface area contributed by atoms with Crippen molar-refractivity contribution in [2.45, 2.75) is 30.9 Å². The Morgan fingerprint density at radius 3 is 2.55 bits per heavy atom. The Morgan fingerprint density at radius 1 is 1.32 bits per heavy atom. The lowest BCUT2D eigenvalue weighted by Crippen LogP contribution is -2.36. The zero-order valence-corrected chi connectivity index (χ0v) is 12.0. The van der Waals surface area contributed by atoms with Crippen LogP contribution in [0.3, 0.4) is 0 Å². The lowest BCUT2D eigenvalue weighted by atomic mass is 9.93. The number of amides is 1. The lowest BCUT2D eigenvalue weighted by molar-refractivity contribution is -0.140. The molecule has 0 aromatic heterocycles. The molecule has 1 saturated carbocycles. The molecule has 0 aliphatic heterocycles. The second-order valence-electron chi connectivity index (χ2n) is 5.24. The highest BCUT2D eigenvalue weighted by Gasteiger charge is 2.51. The Bertz CT molecular complexity index is 580. The number of halogens is 3. The molecule has 1 aromatic rings. The van der Waals surface area contributed by atoms with Crippen LogP contribution in [0.2, 0.25) is 0 Å². The van der Waals surface area contributed by atoms with Gasteiger partial charge in [-0.15, -0.1) is 0 Å². The van der Waals surface area contributed by atoms with Crippen molar-refractivity contribution in [2.24, 2.45) is 0 Å². The average Bonchev–Trinajstić information content (AvgIpc) is 3.28. The largest absolute Gasteiger partial charge is 0.469 e. The maximum absolute atomic E-state index is 12.8. The summed E-state index contributed by atoms with van der Waals surface area (Å²) in [6.07, 6.45) is -3.41. The Labute approximate surface area is 125 Å². The van der Waals surface area contributed by atoms with Crippen LogP contribution < -0.4 is 5.32 Å². The van der Waals surface area contributed by atoms with Gasteiger partial charge in [-0.1, -0.05) is 18.2 Å². The molecule has 1 aromatic carbocycles. The third-order valence-electron chi connectivity index (χ3n) is 3.77. The molecule has 1 amide bonds. The van der Waals surface area contributed by atoms with Gasteiger partial charge in [0.2, 0.25) is 5.91 Å². The highest BCUT2D eigenvalue weighted by atomic mass is 19.4. The summed E-state index contributed by atoms with van der Waals surface area (Å²) in [6.45, 7) is 0.103. The van der Waals surface area contributed by atoms with Gasteiger partial charge in [0.1, 0.15) is 0 Å². The third-order valence-corrected chi connectivity index (χ3v) is 3.77. The molecule has 1 aliphatic carbocycles. The zero-order valence-electron chi connectivity index (χ0n) is 12.0. The van der Waals surface area contributed by atoms with Crippen LogP contribution in [-0.4, -0.2) is 25.5 Å². The monoisotopic (exact) mass is 315 g/mol. The number of methoxy groups -OCH3 is 1. The highest BCUT2D eigenvalue weighted by Crippen LogP contribution is 2.49. The summed E-state index contributed by atoms with van der Waals surface area (Å²) in [5.74, 6) is -0.806. The van der Waals surface area contributed by atoms with Gasteiger partial charge in [-0.25, -0.2) is 0 Å². The predicted molar refractivity (Wildman–Crippen MR) is 72.0 cm³/mol. The summed E-state index contributed by atoms with van der Waals surface area (Å²) in [5, 5.41) is 2.59. The van der Waals surface area contributed by atoms with Crippen molar-refractivity contribution in [3.8, 4) is 0 Å². The van der Waals surface area contributed by atoms with Gasteiger partial charge in [-0.2, -0.15) is 13.2 Å². The number of ether oxygens (including phenoxy) is 1. The minimum atomic E-state index is -4.44. The number of hydrogen-bond acceptors (Lipinski definition) is 3. The van der Waals surface area contributed by atoms with Crippen molar-refractivity contribution < 1.29 is 27.5 Å². The van der Waals surface area contributed by atoms with Gasteiger partial charge >= 0.3 is 12.1 Å². The molecule has 0 bridgehead atoms. The van der Waals surface area contributed by atoms with E-state index in [1.165, 1.54) is 19.2 Å². The van der Waals surface area contributed by atoms with Crippen LogP contribution >= 0.6 is 0 Å². The fourth-order valence-corrected chi connectivity index (χ4v) is 2.31. The number of esters is 1. The standard InChI is InChI=1S/C15H16F3NO3/c1-22-12(20)5-8-19-13(21)14(6-7-14)10-3-2-4-11(9-10)15(16,17)18/h2-4,9H,5-8H2,1H3,(H,19,21). The molecule has 7 heteroatoms. The van der Waals surface area contributed by atoms with E-state index >= 15 is 0 Å². The number of rotatable bonds is 5. The van der Waals surface area contributed by atoms with Crippen LogP contribution in [0.15, 0.2) is 24.3 Å². The van der Waals surface area contributed by atoms with E-state index in [0.717, 1.165) is 12.1 Å². The van der Waals surface area contributed by atoms with Crippen molar-refractivity contribution in [2.75, 3.05) is 13.7 Å². The number of hydrogen-bond donors (Lipinski definition) is 1. The van der Waals surface area contributed by atoms with E-state index in [1.807, 2.05) is 0 Å². The number of carbonyl (C=O) groups excluding carboxylic acids is 2. The van der Waals surface area contributed by atoms with Crippen molar-refractivity contribution in [1.29, 1.82) is 0 Å². The van der Waals surface area contributed by atoms with E-state index in [9.17, 15) is 22.8 Å². The molecule has 4 nitrogen and oxygen atoms in total. The average molecular weight is 315 g/mol. The molecule has 0 unspecified atom stereocenters. The van der Waals surface area contributed by atoms with Gasteiger partial charge in [-0.05, 0) is 24.5 Å². The highest BCUT2D eigenvalue weighted by molar-refractivity contribution is 5.91.